The van der Waals surface area contributed by atoms with E-state index in [0.29, 0.717) is 11.1 Å². The van der Waals surface area contributed by atoms with Gasteiger partial charge in [-0.1, -0.05) is 12.1 Å². The first-order chi connectivity index (χ1) is 10.1. The summed E-state index contributed by atoms with van der Waals surface area (Å²) in [6.07, 6.45) is 1.68. The number of hydrogen-bond acceptors (Lipinski definition) is 1. The van der Waals surface area contributed by atoms with Gasteiger partial charge in [0.05, 0.1) is 11.1 Å². The number of aromatic amines is 1. The van der Waals surface area contributed by atoms with Crippen LogP contribution in [0.5, 0.6) is 0 Å². The summed E-state index contributed by atoms with van der Waals surface area (Å²) >= 11 is 0. The van der Waals surface area contributed by atoms with E-state index >= 15 is 0 Å². The van der Waals surface area contributed by atoms with Gasteiger partial charge in [-0.15, -0.1) is 0 Å². The summed E-state index contributed by atoms with van der Waals surface area (Å²) in [5.41, 5.74) is 0.778. The van der Waals surface area contributed by atoms with E-state index in [4.69, 9.17) is 0 Å². The van der Waals surface area contributed by atoms with E-state index in [9.17, 15) is 18.0 Å². The molecule has 0 aliphatic heterocycles. The van der Waals surface area contributed by atoms with Crippen molar-refractivity contribution in [2.75, 3.05) is 5.32 Å². The fourth-order valence-corrected chi connectivity index (χ4v) is 2.10. The lowest BCUT2D eigenvalue weighted by molar-refractivity contribution is 0.102. The smallest absolute Gasteiger partial charge is 0.257 e. The summed E-state index contributed by atoms with van der Waals surface area (Å²) in [6.45, 7) is 0. The first kappa shape index (κ1) is 13.2. The average molecular weight is 290 g/mol. The molecular formula is C15H9F3N2O. The molecule has 6 heteroatoms. The quantitative estimate of drug-likeness (QED) is 0.692. The van der Waals surface area contributed by atoms with Gasteiger partial charge in [0.2, 0.25) is 0 Å². The Bertz CT molecular complexity index is 819. The van der Waals surface area contributed by atoms with E-state index in [1.165, 1.54) is 0 Å². The molecule has 0 radical (unpaired) electrons. The third kappa shape index (κ3) is 2.35. The number of anilines is 1. The standard InChI is InChI=1S/C15H9F3N2O/c16-11-6-9(7-12(17)13(11)18)20-15(21)10-3-1-2-8-4-5-19-14(8)10/h1-7,19H,(H,20,21). The molecule has 0 unspecified atom stereocenters. The molecule has 0 spiro atoms. The van der Waals surface area contributed by atoms with Gasteiger partial charge in [0.1, 0.15) is 0 Å². The number of carbonyl (C=O) groups excluding carboxylic acids is 1. The predicted molar refractivity (Wildman–Crippen MR) is 72.6 cm³/mol. The van der Waals surface area contributed by atoms with Gasteiger partial charge < -0.3 is 10.3 Å². The zero-order valence-electron chi connectivity index (χ0n) is 10.6. The molecule has 2 N–H and O–H groups in total. The van der Waals surface area contributed by atoms with Crippen molar-refractivity contribution in [3.8, 4) is 0 Å². The Hall–Kier alpha value is -2.76. The van der Waals surface area contributed by atoms with Crippen molar-refractivity contribution >= 4 is 22.5 Å². The van der Waals surface area contributed by atoms with Gasteiger partial charge >= 0.3 is 0 Å². The first-order valence-corrected chi connectivity index (χ1v) is 6.08. The molecule has 3 aromatic rings. The highest BCUT2D eigenvalue weighted by Gasteiger charge is 2.14. The molecule has 0 aliphatic carbocycles. The summed E-state index contributed by atoms with van der Waals surface area (Å²) in [6, 6.07) is 8.33. The van der Waals surface area contributed by atoms with E-state index in [0.717, 1.165) is 17.5 Å². The number of hydrogen-bond donors (Lipinski definition) is 2. The van der Waals surface area contributed by atoms with E-state index in [-0.39, 0.29) is 5.69 Å². The van der Waals surface area contributed by atoms with Crippen LogP contribution in [0.2, 0.25) is 0 Å². The van der Waals surface area contributed by atoms with Gasteiger partial charge in [0, 0.05) is 29.4 Å². The molecule has 0 atom stereocenters. The molecular weight excluding hydrogens is 281 g/mol. The number of H-pyrrole nitrogens is 1. The van der Waals surface area contributed by atoms with Gasteiger partial charge in [-0.3, -0.25) is 4.79 Å². The Morgan fingerprint density at radius 1 is 1.05 bits per heavy atom. The minimum Gasteiger partial charge on any atom is -0.361 e. The SMILES string of the molecule is O=C(Nc1cc(F)c(F)c(F)c1)c1cccc2cc[nH]c12. The molecule has 3 nitrogen and oxygen atoms in total. The molecule has 0 fully saturated rings. The van der Waals surface area contributed by atoms with Crippen LogP contribution in [0.4, 0.5) is 18.9 Å². The number of rotatable bonds is 2. The Balaban J connectivity index is 1.95. The van der Waals surface area contributed by atoms with Crippen LogP contribution in [-0.2, 0) is 0 Å². The average Bonchev–Trinajstić information content (AvgIpc) is 2.92. The second-order valence-corrected chi connectivity index (χ2v) is 4.46. The van der Waals surface area contributed by atoms with Gasteiger partial charge in [0.15, 0.2) is 17.5 Å². The normalized spacial score (nSPS) is 10.8. The first-order valence-electron chi connectivity index (χ1n) is 6.08. The van der Waals surface area contributed by atoms with Crippen molar-refractivity contribution in [1.82, 2.24) is 4.98 Å². The number of nitrogens with one attached hydrogen (secondary N) is 2. The molecule has 3 rings (SSSR count). The Morgan fingerprint density at radius 2 is 1.76 bits per heavy atom. The summed E-state index contributed by atoms with van der Waals surface area (Å²) in [7, 11) is 0. The van der Waals surface area contributed by atoms with Gasteiger partial charge in [0.25, 0.3) is 5.91 Å². The predicted octanol–water partition coefficient (Wildman–Crippen LogP) is 3.84. The molecule has 106 valence electrons. The fourth-order valence-electron chi connectivity index (χ4n) is 2.10. The van der Waals surface area contributed by atoms with E-state index in [1.54, 1.807) is 24.4 Å². The summed E-state index contributed by atoms with van der Waals surface area (Å²) in [5, 5.41) is 3.18. The minimum atomic E-state index is -1.57. The third-order valence-corrected chi connectivity index (χ3v) is 3.07. The van der Waals surface area contributed by atoms with Crippen LogP contribution in [0.1, 0.15) is 10.4 Å². The zero-order valence-corrected chi connectivity index (χ0v) is 10.6. The number of carbonyl (C=O) groups is 1. The van der Waals surface area contributed by atoms with Crippen molar-refractivity contribution in [2.45, 2.75) is 0 Å². The molecule has 1 aromatic heterocycles. The summed E-state index contributed by atoms with van der Waals surface area (Å²) < 4.78 is 39.1. The van der Waals surface area contributed by atoms with Crippen molar-refractivity contribution in [3.63, 3.8) is 0 Å². The number of fused-ring (bicyclic) bond motifs is 1. The summed E-state index contributed by atoms with van der Waals surface area (Å²) in [4.78, 5) is 15.1. The van der Waals surface area contributed by atoms with Gasteiger partial charge in [-0.05, 0) is 12.1 Å². The van der Waals surface area contributed by atoms with Crippen LogP contribution in [0.3, 0.4) is 0 Å². The van der Waals surface area contributed by atoms with Crippen LogP contribution in [-0.4, -0.2) is 10.9 Å². The zero-order chi connectivity index (χ0) is 15.0. The molecule has 0 bridgehead atoms. The number of halogens is 3. The Morgan fingerprint density at radius 3 is 2.48 bits per heavy atom. The van der Waals surface area contributed by atoms with Crippen LogP contribution in [0, 0.1) is 17.5 Å². The molecule has 0 saturated carbocycles. The van der Waals surface area contributed by atoms with Crippen LogP contribution >= 0.6 is 0 Å². The number of para-hydroxylation sites is 1. The van der Waals surface area contributed by atoms with Crippen LogP contribution < -0.4 is 5.32 Å². The second-order valence-electron chi connectivity index (χ2n) is 4.46. The monoisotopic (exact) mass is 290 g/mol. The molecule has 0 aliphatic rings. The molecule has 2 aromatic carbocycles. The highest BCUT2D eigenvalue weighted by molar-refractivity contribution is 6.11. The molecule has 1 heterocycles. The summed E-state index contributed by atoms with van der Waals surface area (Å²) in [5.74, 6) is -4.83. The second kappa shape index (κ2) is 4.97. The Labute approximate surface area is 117 Å². The lowest BCUT2D eigenvalue weighted by Gasteiger charge is -2.07. The van der Waals surface area contributed by atoms with Gasteiger partial charge in [-0.25, -0.2) is 13.2 Å². The van der Waals surface area contributed by atoms with Crippen molar-refractivity contribution < 1.29 is 18.0 Å². The van der Waals surface area contributed by atoms with Crippen molar-refractivity contribution in [1.29, 1.82) is 0 Å². The number of aromatic nitrogens is 1. The minimum absolute atomic E-state index is 0.153. The largest absolute Gasteiger partial charge is 0.361 e. The number of amides is 1. The van der Waals surface area contributed by atoms with E-state index in [1.807, 2.05) is 6.07 Å². The van der Waals surface area contributed by atoms with E-state index in [2.05, 4.69) is 10.3 Å². The van der Waals surface area contributed by atoms with E-state index < -0.39 is 23.4 Å². The van der Waals surface area contributed by atoms with Crippen molar-refractivity contribution in [3.05, 3.63) is 65.6 Å². The van der Waals surface area contributed by atoms with Crippen LogP contribution in [0.25, 0.3) is 10.9 Å². The lowest BCUT2D eigenvalue weighted by atomic mass is 10.1. The fraction of sp³-hybridized carbons (Fsp3) is 0. The lowest BCUT2D eigenvalue weighted by Crippen LogP contribution is -2.13. The number of benzene rings is 2. The molecule has 21 heavy (non-hydrogen) atoms. The molecule has 0 saturated heterocycles. The van der Waals surface area contributed by atoms with Crippen molar-refractivity contribution in [2.24, 2.45) is 0 Å². The maximum Gasteiger partial charge on any atom is 0.257 e. The maximum absolute atomic E-state index is 13.1. The molecule has 1 amide bonds. The Kier molecular flexibility index (Phi) is 3.13. The van der Waals surface area contributed by atoms with Gasteiger partial charge in [-0.2, -0.15) is 0 Å². The highest BCUT2D eigenvalue weighted by atomic mass is 19.2. The highest BCUT2D eigenvalue weighted by Crippen LogP contribution is 2.21. The maximum atomic E-state index is 13.1. The third-order valence-electron chi connectivity index (χ3n) is 3.07. The van der Waals surface area contributed by atoms with Crippen LogP contribution in [0.15, 0.2) is 42.6 Å². The topological polar surface area (TPSA) is 44.9 Å².